The molecule has 0 aliphatic heterocycles. The fourth-order valence-electron chi connectivity index (χ4n) is 1.84. The topological polar surface area (TPSA) is 57.8 Å². The van der Waals surface area contributed by atoms with Gasteiger partial charge in [0.25, 0.3) is 0 Å². The van der Waals surface area contributed by atoms with E-state index in [0.717, 1.165) is 11.4 Å². The SMILES string of the molecule is CCC(=O)NC(Cc1ncc[nH]1)c1ccccc1. The van der Waals surface area contributed by atoms with E-state index < -0.39 is 0 Å². The molecule has 0 saturated carbocycles. The Bertz CT molecular complexity index is 479. The highest BCUT2D eigenvalue weighted by Crippen LogP contribution is 2.16. The minimum Gasteiger partial charge on any atom is -0.349 e. The van der Waals surface area contributed by atoms with Gasteiger partial charge >= 0.3 is 0 Å². The zero-order valence-corrected chi connectivity index (χ0v) is 10.4. The van der Waals surface area contributed by atoms with E-state index in [2.05, 4.69) is 15.3 Å². The standard InChI is InChI=1S/C14H17N3O/c1-2-14(18)17-12(10-13-15-8-9-16-13)11-6-4-3-5-7-11/h3-9,12H,2,10H2,1H3,(H,15,16)(H,17,18). The van der Waals surface area contributed by atoms with Gasteiger partial charge in [-0.2, -0.15) is 0 Å². The Morgan fingerprint density at radius 3 is 2.78 bits per heavy atom. The fraction of sp³-hybridized carbons (Fsp3) is 0.286. The molecule has 1 amide bonds. The average Bonchev–Trinajstić information content (AvgIpc) is 2.92. The zero-order chi connectivity index (χ0) is 12.8. The molecule has 1 aromatic heterocycles. The molecule has 2 aromatic rings. The van der Waals surface area contributed by atoms with E-state index in [1.54, 1.807) is 12.4 Å². The number of H-pyrrole nitrogens is 1. The van der Waals surface area contributed by atoms with Crippen LogP contribution < -0.4 is 5.32 Å². The second kappa shape index (κ2) is 6.00. The number of hydrogen-bond acceptors (Lipinski definition) is 2. The summed E-state index contributed by atoms with van der Waals surface area (Å²) < 4.78 is 0. The lowest BCUT2D eigenvalue weighted by Gasteiger charge is -2.17. The average molecular weight is 243 g/mol. The van der Waals surface area contributed by atoms with Gasteiger partial charge in [-0.25, -0.2) is 4.98 Å². The van der Waals surface area contributed by atoms with Crippen molar-refractivity contribution in [2.75, 3.05) is 0 Å². The third kappa shape index (κ3) is 3.20. The molecule has 0 fully saturated rings. The van der Waals surface area contributed by atoms with E-state index in [9.17, 15) is 4.79 Å². The second-order valence-electron chi connectivity index (χ2n) is 4.12. The van der Waals surface area contributed by atoms with Gasteiger partial charge in [-0.15, -0.1) is 0 Å². The predicted molar refractivity (Wildman–Crippen MR) is 69.9 cm³/mol. The predicted octanol–water partition coefficient (Wildman–Crippen LogP) is 2.22. The monoisotopic (exact) mass is 243 g/mol. The number of carbonyl (C=O) groups is 1. The van der Waals surface area contributed by atoms with Crippen molar-refractivity contribution in [3.05, 3.63) is 54.1 Å². The summed E-state index contributed by atoms with van der Waals surface area (Å²) >= 11 is 0. The molecule has 0 radical (unpaired) electrons. The first-order valence-electron chi connectivity index (χ1n) is 6.12. The van der Waals surface area contributed by atoms with Crippen molar-refractivity contribution in [2.45, 2.75) is 25.8 Å². The van der Waals surface area contributed by atoms with Gasteiger partial charge in [0.2, 0.25) is 5.91 Å². The molecule has 0 bridgehead atoms. The number of nitrogens with zero attached hydrogens (tertiary/aromatic N) is 1. The van der Waals surface area contributed by atoms with E-state index in [0.29, 0.717) is 12.8 Å². The van der Waals surface area contributed by atoms with Crippen molar-refractivity contribution in [1.29, 1.82) is 0 Å². The number of imidazole rings is 1. The summed E-state index contributed by atoms with van der Waals surface area (Å²) in [5.41, 5.74) is 1.09. The van der Waals surface area contributed by atoms with Crippen LogP contribution in [0.15, 0.2) is 42.7 Å². The molecule has 1 aromatic carbocycles. The lowest BCUT2D eigenvalue weighted by molar-refractivity contribution is -0.121. The summed E-state index contributed by atoms with van der Waals surface area (Å²) in [6.45, 7) is 1.85. The van der Waals surface area contributed by atoms with Crippen LogP contribution in [0.2, 0.25) is 0 Å². The molecule has 1 heterocycles. The van der Waals surface area contributed by atoms with E-state index >= 15 is 0 Å². The lowest BCUT2D eigenvalue weighted by atomic mass is 10.0. The number of aromatic amines is 1. The molecular weight excluding hydrogens is 226 g/mol. The van der Waals surface area contributed by atoms with Gasteiger partial charge in [0.1, 0.15) is 5.82 Å². The second-order valence-corrected chi connectivity index (χ2v) is 4.12. The summed E-state index contributed by atoms with van der Waals surface area (Å²) in [5, 5.41) is 3.02. The molecule has 2 N–H and O–H groups in total. The fourth-order valence-corrected chi connectivity index (χ4v) is 1.84. The normalized spacial score (nSPS) is 12.1. The Morgan fingerprint density at radius 2 is 2.17 bits per heavy atom. The maximum atomic E-state index is 11.6. The Balaban J connectivity index is 2.15. The van der Waals surface area contributed by atoms with Gasteiger partial charge in [0, 0.05) is 25.2 Å². The molecule has 1 atom stereocenters. The third-order valence-electron chi connectivity index (χ3n) is 2.81. The van der Waals surface area contributed by atoms with Gasteiger partial charge < -0.3 is 10.3 Å². The summed E-state index contributed by atoms with van der Waals surface area (Å²) in [6.07, 6.45) is 4.67. The van der Waals surface area contributed by atoms with Crippen LogP contribution in [0.4, 0.5) is 0 Å². The number of amides is 1. The molecule has 94 valence electrons. The van der Waals surface area contributed by atoms with Crippen molar-refractivity contribution in [3.8, 4) is 0 Å². The minimum atomic E-state index is -0.0372. The summed E-state index contributed by atoms with van der Waals surface area (Å²) in [7, 11) is 0. The van der Waals surface area contributed by atoms with Crippen molar-refractivity contribution in [3.63, 3.8) is 0 Å². The van der Waals surface area contributed by atoms with E-state index in [4.69, 9.17) is 0 Å². The number of nitrogens with one attached hydrogen (secondary N) is 2. The highest BCUT2D eigenvalue weighted by Gasteiger charge is 2.15. The van der Waals surface area contributed by atoms with Crippen molar-refractivity contribution in [1.82, 2.24) is 15.3 Å². The zero-order valence-electron chi connectivity index (χ0n) is 10.4. The van der Waals surface area contributed by atoms with Crippen molar-refractivity contribution < 1.29 is 4.79 Å². The largest absolute Gasteiger partial charge is 0.349 e. The molecule has 0 aliphatic rings. The van der Waals surface area contributed by atoms with Crippen LogP contribution in [0.3, 0.4) is 0 Å². The molecule has 18 heavy (non-hydrogen) atoms. The van der Waals surface area contributed by atoms with Crippen LogP contribution in [0.1, 0.15) is 30.8 Å². The Morgan fingerprint density at radius 1 is 1.39 bits per heavy atom. The van der Waals surface area contributed by atoms with Gasteiger partial charge in [-0.3, -0.25) is 4.79 Å². The minimum absolute atomic E-state index is 0.0372. The van der Waals surface area contributed by atoms with Crippen molar-refractivity contribution >= 4 is 5.91 Å². The van der Waals surface area contributed by atoms with Gasteiger partial charge in [0.05, 0.1) is 6.04 Å². The Labute approximate surface area is 106 Å². The molecule has 4 nitrogen and oxygen atoms in total. The number of aromatic nitrogens is 2. The molecule has 1 unspecified atom stereocenters. The smallest absolute Gasteiger partial charge is 0.220 e. The maximum absolute atomic E-state index is 11.6. The quantitative estimate of drug-likeness (QED) is 0.846. The Hall–Kier alpha value is -2.10. The summed E-state index contributed by atoms with van der Waals surface area (Å²) in [5.74, 6) is 0.927. The first-order chi connectivity index (χ1) is 8.79. The third-order valence-corrected chi connectivity index (χ3v) is 2.81. The number of rotatable bonds is 5. The summed E-state index contributed by atoms with van der Waals surface area (Å²) in [6, 6.07) is 9.91. The van der Waals surface area contributed by atoms with Crippen molar-refractivity contribution in [2.24, 2.45) is 0 Å². The van der Waals surface area contributed by atoms with Crippen LogP contribution in [0, 0.1) is 0 Å². The molecule has 0 aliphatic carbocycles. The van der Waals surface area contributed by atoms with Gasteiger partial charge in [0.15, 0.2) is 0 Å². The summed E-state index contributed by atoms with van der Waals surface area (Å²) in [4.78, 5) is 18.9. The van der Waals surface area contributed by atoms with E-state index in [1.165, 1.54) is 0 Å². The highest BCUT2D eigenvalue weighted by molar-refractivity contribution is 5.76. The number of hydrogen-bond donors (Lipinski definition) is 2. The van der Waals surface area contributed by atoms with E-state index in [-0.39, 0.29) is 11.9 Å². The highest BCUT2D eigenvalue weighted by atomic mass is 16.1. The maximum Gasteiger partial charge on any atom is 0.220 e. The van der Waals surface area contributed by atoms with Crippen LogP contribution in [-0.2, 0) is 11.2 Å². The van der Waals surface area contributed by atoms with Crippen LogP contribution in [0.25, 0.3) is 0 Å². The lowest BCUT2D eigenvalue weighted by Crippen LogP contribution is -2.29. The van der Waals surface area contributed by atoms with Crippen LogP contribution >= 0.6 is 0 Å². The van der Waals surface area contributed by atoms with Gasteiger partial charge in [-0.1, -0.05) is 37.3 Å². The number of benzene rings is 1. The molecular formula is C14H17N3O. The first-order valence-corrected chi connectivity index (χ1v) is 6.12. The van der Waals surface area contributed by atoms with E-state index in [1.807, 2.05) is 37.3 Å². The van der Waals surface area contributed by atoms with Crippen LogP contribution in [-0.4, -0.2) is 15.9 Å². The first kappa shape index (κ1) is 12.4. The molecule has 0 spiro atoms. The number of carbonyl (C=O) groups excluding carboxylic acids is 1. The van der Waals surface area contributed by atoms with Gasteiger partial charge in [-0.05, 0) is 5.56 Å². The Kier molecular flexibility index (Phi) is 4.12. The molecule has 2 rings (SSSR count). The van der Waals surface area contributed by atoms with Crippen LogP contribution in [0.5, 0.6) is 0 Å². The molecule has 4 heteroatoms. The molecule has 0 saturated heterocycles.